The van der Waals surface area contributed by atoms with Crippen molar-refractivity contribution in [1.29, 1.82) is 0 Å². The molecule has 1 saturated carbocycles. The monoisotopic (exact) mass is 291 g/mol. The summed E-state index contributed by atoms with van der Waals surface area (Å²) >= 11 is 0. The molecule has 4 nitrogen and oxygen atoms in total. The third kappa shape index (κ3) is 5.10. The Balaban J connectivity index is 2.04. The Labute approximate surface area is 128 Å². The predicted octanol–water partition coefficient (Wildman–Crippen LogP) is 4.22. The Morgan fingerprint density at radius 2 is 1.95 bits per heavy atom. The Morgan fingerprint density at radius 3 is 2.67 bits per heavy atom. The van der Waals surface area contributed by atoms with Crippen LogP contribution in [0.4, 0.5) is 11.5 Å². The van der Waals surface area contributed by atoms with E-state index in [4.69, 9.17) is 10.5 Å². The number of ether oxygens (including phenoxy) is 1. The van der Waals surface area contributed by atoms with Crippen LogP contribution in [0, 0.1) is 5.92 Å². The number of nitrogens with one attached hydrogen (secondary N) is 1. The molecule has 1 aromatic heterocycles. The standard InChI is InChI=1S/C17H29N3O/c1-12-6-5-7-13(9-8-12)19-15-11-10-14(18)16(20-15)21-17(2,3)4/h10-13H,5-9,18H2,1-4H3,(H,19,20). The fraction of sp³-hybridized carbons (Fsp3) is 0.706. The van der Waals surface area contributed by atoms with Gasteiger partial charge < -0.3 is 15.8 Å². The van der Waals surface area contributed by atoms with Gasteiger partial charge in [-0.1, -0.05) is 19.8 Å². The topological polar surface area (TPSA) is 60.2 Å². The van der Waals surface area contributed by atoms with Crippen molar-refractivity contribution in [2.75, 3.05) is 11.1 Å². The molecule has 118 valence electrons. The van der Waals surface area contributed by atoms with Crippen molar-refractivity contribution in [2.24, 2.45) is 5.92 Å². The molecule has 1 aromatic rings. The van der Waals surface area contributed by atoms with Crippen LogP contribution in [0.15, 0.2) is 12.1 Å². The summed E-state index contributed by atoms with van der Waals surface area (Å²) < 4.78 is 5.83. The van der Waals surface area contributed by atoms with E-state index in [1.165, 1.54) is 32.1 Å². The van der Waals surface area contributed by atoms with Crippen LogP contribution in [0.5, 0.6) is 5.88 Å². The minimum absolute atomic E-state index is 0.294. The molecular formula is C17H29N3O. The van der Waals surface area contributed by atoms with Crippen molar-refractivity contribution in [3.05, 3.63) is 12.1 Å². The highest BCUT2D eigenvalue weighted by molar-refractivity contribution is 5.54. The van der Waals surface area contributed by atoms with Crippen LogP contribution in [-0.2, 0) is 0 Å². The predicted molar refractivity (Wildman–Crippen MR) is 88.7 cm³/mol. The summed E-state index contributed by atoms with van der Waals surface area (Å²) in [6.07, 6.45) is 6.34. The van der Waals surface area contributed by atoms with Crippen LogP contribution >= 0.6 is 0 Å². The number of rotatable bonds is 3. The number of nitrogen functional groups attached to an aromatic ring is 1. The highest BCUT2D eigenvalue weighted by Gasteiger charge is 2.18. The number of nitrogens with zero attached hydrogens (tertiary/aromatic N) is 1. The number of anilines is 2. The molecule has 21 heavy (non-hydrogen) atoms. The summed E-state index contributed by atoms with van der Waals surface area (Å²) in [7, 11) is 0. The Kier molecular flexibility index (Phi) is 4.96. The summed E-state index contributed by atoms with van der Waals surface area (Å²) in [5.41, 5.74) is 6.25. The quantitative estimate of drug-likeness (QED) is 0.818. The summed E-state index contributed by atoms with van der Waals surface area (Å²) in [6.45, 7) is 8.35. The maximum atomic E-state index is 5.96. The van der Waals surface area contributed by atoms with E-state index in [9.17, 15) is 0 Å². The van der Waals surface area contributed by atoms with Crippen molar-refractivity contribution in [3.63, 3.8) is 0 Å². The van der Waals surface area contributed by atoms with Gasteiger partial charge in [0.15, 0.2) is 0 Å². The minimum Gasteiger partial charge on any atom is -0.470 e. The Bertz CT molecular complexity index is 468. The summed E-state index contributed by atoms with van der Waals surface area (Å²) in [5.74, 6) is 2.23. The first-order chi connectivity index (χ1) is 9.83. The molecule has 1 aliphatic carbocycles. The van der Waals surface area contributed by atoms with Crippen molar-refractivity contribution in [1.82, 2.24) is 4.98 Å². The lowest BCUT2D eigenvalue weighted by atomic mass is 10.0. The van der Waals surface area contributed by atoms with Gasteiger partial charge in [-0.15, -0.1) is 0 Å². The molecule has 0 aromatic carbocycles. The molecule has 0 aliphatic heterocycles. The van der Waals surface area contributed by atoms with Crippen LogP contribution < -0.4 is 15.8 Å². The molecule has 0 radical (unpaired) electrons. The fourth-order valence-electron chi connectivity index (χ4n) is 2.74. The molecular weight excluding hydrogens is 262 g/mol. The van der Waals surface area contributed by atoms with E-state index in [0.29, 0.717) is 17.6 Å². The average Bonchev–Trinajstić information content (AvgIpc) is 2.57. The largest absolute Gasteiger partial charge is 0.470 e. The number of aromatic nitrogens is 1. The van der Waals surface area contributed by atoms with E-state index < -0.39 is 0 Å². The van der Waals surface area contributed by atoms with E-state index in [-0.39, 0.29) is 5.60 Å². The Hall–Kier alpha value is -1.45. The molecule has 2 unspecified atom stereocenters. The van der Waals surface area contributed by atoms with E-state index >= 15 is 0 Å². The number of pyridine rings is 1. The van der Waals surface area contributed by atoms with Crippen LogP contribution in [0.3, 0.4) is 0 Å². The smallest absolute Gasteiger partial charge is 0.239 e. The lowest BCUT2D eigenvalue weighted by Gasteiger charge is -2.23. The van der Waals surface area contributed by atoms with Gasteiger partial charge in [-0.3, -0.25) is 0 Å². The zero-order chi connectivity index (χ0) is 15.5. The van der Waals surface area contributed by atoms with E-state index in [1.807, 2.05) is 32.9 Å². The van der Waals surface area contributed by atoms with Gasteiger partial charge in [0.1, 0.15) is 11.4 Å². The van der Waals surface area contributed by atoms with Crippen molar-refractivity contribution >= 4 is 11.5 Å². The van der Waals surface area contributed by atoms with Gasteiger partial charge in [0.25, 0.3) is 0 Å². The minimum atomic E-state index is -0.294. The average molecular weight is 291 g/mol. The van der Waals surface area contributed by atoms with Gasteiger partial charge in [-0.2, -0.15) is 4.98 Å². The van der Waals surface area contributed by atoms with E-state index in [0.717, 1.165) is 11.7 Å². The highest BCUT2D eigenvalue weighted by Crippen LogP contribution is 2.28. The lowest BCUT2D eigenvalue weighted by Crippen LogP contribution is -2.25. The van der Waals surface area contributed by atoms with Crippen molar-refractivity contribution in [3.8, 4) is 5.88 Å². The maximum absolute atomic E-state index is 5.96. The first-order valence-corrected chi connectivity index (χ1v) is 8.05. The van der Waals surface area contributed by atoms with Gasteiger partial charge in [0, 0.05) is 6.04 Å². The van der Waals surface area contributed by atoms with Crippen molar-refractivity contribution in [2.45, 2.75) is 71.4 Å². The third-order valence-corrected chi connectivity index (χ3v) is 3.90. The van der Waals surface area contributed by atoms with Crippen molar-refractivity contribution < 1.29 is 4.74 Å². The molecule has 1 fully saturated rings. The second-order valence-electron chi connectivity index (χ2n) is 7.26. The number of nitrogens with two attached hydrogens (primary N) is 1. The number of hydrogen-bond acceptors (Lipinski definition) is 4. The van der Waals surface area contributed by atoms with Gasteiger partial charge in [0.2, 0.25) is 5.88 Å². The van der Waals surface area contributed by atoms with E-state index in [2.05, 4.69) is 17.2 Å². The fourth-order valence-corrected chi connectivity index (χ4v) is 2.74. The molecule has 0 bridgehead atoms. The summed E-state index contributed by atoms with van der Waals surface area (Å²) in [6, 6.07) is 4.32. The number of hydrogen-bond donors (Lipinski definition) is 2. The van der Waals surface area contributed by atoms with Gasteiger partial charge in [-0.25, -0.2) is 0 Å². The lowest BCUT2D eigenvalue weighted by molar-refractivity contribution is 0.125. The zero-order valence-corrected chi connectivity index (χ0v) is 13.8. The molecule has 4 heteroatoms. The molecule has 0 amide bonds. The second kappa shape index (κ2) is 6.54. The maximum Gasteiger partial charge on any atom is 0.239 e. The van der Waals surface area contributed by atoms with Crippen LogP contribution in [0.25, 0.3) is 0 Å². The zero-order valence-electron chi connectivity index (χ0n) is 13.8. The van der Waals surface area contributed by atoms with Crippen LogP contribution in [0.2, 0.25) is 0 Å². The van der Waals surface area contributed by atoms with Gasteiger partial charge in [0.05, 0.1) is 5.69 Å². The van der Waals surface area contributed by atoms with Gasteiger partial charge >= 0.3 is 0 Å². The summed E-state index contributed by atoms with van der Waals surface area (Å²) in [5, 5.41) is 3.55. The first-order valence-electron chi connectivity index (χ1n) is 8.05. The SMILES string of the molecule is CC1CCCC(Nc2ccc(N)c(OC(C)(C)C)n2)CC1. The van der Waals surface area contributed by atoms with Crippen LogP contribution in [-0.4, -0.2) is 16.6 Å². The molecule has 0 spiro atoms. The molecule has 1 aliphatic rings. The normalized spacial score (nSPS) is 23.4. The summed E-state index contributed by atoms with van der Waals surface area (Å²) in [4.78, 5) is 4.54. The first kappa shape index (κ1) is 15.9. The third-order valence-electron chi connectivity index (χ3n) is 3.90. The Morgan fingerprint density at radius 1 is 1.19 bits per heavy atom. The molecule has 1 heterocycles. The van der Waals surface area contributed by atoms with Crippen LogP contribution in [0.1, 0.15) is 59.8 Å². The van der Waals surface area contributed by atoms with E-state index in [1.54, 1.807) is 0 Å². The second-order valence-corrected chi connectivity index (χ2v) is 7.26. The molecule has 0 saturated heterocycles. The highest BCUT2D eigenvalue weighted by atomic mass is 16.5. The molecule has 2 atom stereocenters. The molecule has 2 rings (SSSR count). The van der Waals surface area contributed by atoms with Gasteiger partial charge in [-0.05, 0) is 58.1 Å². The molecule has 3 N–H and O–H groups in total.